The Balaban J connectivity index is 2.52. The maximum Gasteiger partial charge on any atom is 0.202 e. The highest BCUT2D eigenvalue weighted by Crippen LogP contribution is 2.07. The number of rotatable bonds is 5. The van der Waals surface area contributed by atoms with Crippen molar-refractivity contribution in [2.24, 2.45) is 5.92 Å². The molecule has 0 bridgehead atoms. The normalized spacial score (nSPS) is 12.8. The Morgan fingerprint density at radius 3 is 3.08 bits per heavy atom. The predicted octanol–water partition coefficient (Wildman–Crippen LogP) is 1.21. The van der Waals surface area contributed by atoms with Crippen LogP contribution in [0.2, 0.25) is 0 Å². The summed E-state index contributed by atoms with van der Waals surface area (Å²) in [4.78, 5) is 4.16. The molecule has 4 heteroatoms. The lowest BCUT2D eigenvalue weighted by molar-refractivity contribution is 0.151. The molecule has 1 aromatic rings. The highest BCUT2D eigenvalue weighted by Gasteiger charge is 2.05. The fourth-order valence-corrected chi connectivity index (χ4v) is 1.36. The molecule has 0 saturated carbocycles. The number of imidazole rings is 1. The molecule has 0 spiro atoms. The van der Waals surface area contributed by atoms with Gasteiger partial charge in [0, 0.05) is 33.1 Å². The molecular formula is C9H17N3O. The molecule has 0 saturated heterocycles. The molecule has 13 heavy (non-hydrogen) atoms. The summed E-state index contributed by atoms with van der Waals surface area (Å²) in [5.41, 5.74) is 0. The first-order chi connectivity index (χ1) is 6.27. The lowest BCUT2D eigenvalue weighted by Gasteiger charge is -2.12. The molecule has 1 N–H and O–H groups in total. The van der Waals surface area contributed by atoms with Crippen molar-refractivity contribution >= 4 is 5.95 Å². The fourth-order valence-electron chi connectivity index (χ4n) is 1.36. The molecule has 0 aliphatic carbocycles. The van der Waals surface area contributed by atoms with Gasteiger partial charge in [-0.1, -0.05) is 6.92 Å². The van der Waals surface area contributed by atoms with E-state index in [4.69, 9.17) is 4.74 Å². The Hall–Kier alpha value is -1.03. The van der Waals surface area contributed by atoms with Crippen molar-refractivity contribution in [2.75, 3.05) is 26.1 Å². The van der Waals surface area contributed by atoms with Crippen molar-refractivity contribution in [2.45, 2.75) is 13.5 Å². The zero-order valence-electron chi connectivity index (χ0n) is 8.45. The zero-order valence-corrected chi connectivity index (χ0v) is 8.45. The number of hydrogen-bond donors (Lipinski definition) is 1. The van der Waals surface area contributed by atoms with Gasteiger partial charge in [-0.2, -0.15) is 0 Å². The minimum atomic E-state index is 0.506. The van der Waals surface area contributed by atoms with Gasteiger partial charge in [-0.3, -0.25) is 0 Å². The van der Waals surface area contributed by atoms with Crippen LogP contribution >= 0.6 is 0 Å². The summed E-state index contributed by atoms with van der Waals surface area (Å²) >= 11 is 0. The number of ether oxygens (including phenoxy) is 1. The lowest BCUT2D eigenvalue weighted by atomic mass is 10.2. The zero-order chi connectivity index (χ0) is 9.68. The van der Waals surface area contributed by atoms with E-state index in [2.05, 4.69) is 21.8 Å². The monoisotopic (exact) mass is 183 g/mol. The van der Waals surface area contributed by atoms with Crippen LogP contribution in [-0.2, 0) is 11.3 Å². The molecule has 0 aliphatic heterocycles. The summed E-state index contributed by atoms with van der Waals surface area (Å²) < 4.78 is 7.16. The quantitative estimate of drug-likeness (QED) is 0.745. The van der Waals surface area contributed by atoms with Gasteiger partial charge in [0.25, 0.3) is 0 Å². The van der Waals surface area contributed by atoms with Crippen molar-refractivity contribution in [1.82, 2.24) is 9.55 Å². The van der Waals surface area contributed by atoms with Crippen molar-refractivity contribution in [3.8, 4) is 0 Å². The van der Waals surface area contributed by atoms with Crippen molar-refractivity contribution in [3.05, 3.63) is 12.4 Å². The standard InChI is InChI=1S/C9H17N3O/c1-8(7-13-3)6-12-5-4-11-9(12)10-2/h4-5,8H,6-7H2,1-3H3,(H,10,11). The van der Waals surface area contributed by atoms with E-state index in [0.717, 1.165) is 19.1 Å². The number of anilines is 1. The van der Waals surface area contributed by atoms with Gasteiger partial charge in [0.05, 0.1) is 6.61 Å². The average molecular weight is 183 g/mol. The van der Waals surface area contributed by atoms with Gasteiger partial charge in [-0.25, -0.2) is 4.98 Å². The van der Waals surface area contributed by atoms with Crippen LogP contribution in [0.4, 0.5) is 5.95 Å². The largest absolute Gasteiger partial charge is 0.384 e. The van der Waals surface area contributed by atoms with Crippen LogP contribution in [0.25, 0.3) is 0 Å². The van der Waals surface area contributed by atoms with Crippen molar-refractivity contribution in [3.63, 3.8) is 0 Å². The van der Waals surface area contributed by atoms with E-state index in [1.165, 1.54) is 0 Å². The van der Waals surface area contributed by atoms with Gasteiger partial charge >= 0.3 is 0 Å². The minimum Gasteiger partial charge on any atom is -0.384 e. The van der Waals surface area contributed by atoms with Gasteiger partial charge in [-0.05, 0) is 5.92 Å². The first-order valence-electron chi connectivity index (χ1n) is 4.45. The van der Waals surface area contributed by atoms with Crippen molar-refractivity contribution in [1.29, 1.82) is 0 Å². The van der Waals surface area contributed by atoms with E-state index >= 15 is 0 Å². The van der Waals surface area contributed by atoms with E-state index in [1.807, 2.05) is 13.2 Å². The van der Waals surface area contributed by atoms with E-state index in [0.29, 0.717) is 5.92 Å². The van der Waals surface area contributed by atoms with Gasteiger partial charge in [0.1, 0.15) is 0 Å². The lowest BCUT2D eigenvalue weighted by Crippen LogP contribution is -2.13. The van der Waals surface area contributed by atoms with E-state index in [9.17, 15) is 0 Å². The maximum absolute atomic E-state index is 5.07. The maximum atomic E-state index is 5.07. The summed E-state index contributed by atoms with van der Waals surface area (Å²) in [5, 5.41) is 3.03. The molecule has 4 nitrogen and oxygen atoms in total. The number of methoxy groups -OCH3 is 1. The molecule has 1 rings (SSSR count). The molecule has 1 aromatic heterocycles. The Kier molecular flexibility index (Phi) is 3.76. The van der Waals surface area contributed by atoms with Crippen LogP contribution in [-0.4, -0.2) is 30.3 Å². The highest BCUT2D eigenvalue weighted by molar-refractivity contribution is 5.23. The Bertz CT molecular complexity index is 247. The van der Waals surface area contributed by atoms with Crippen LogP contribution < -0.4 is 5.32 Å². The molecule has 0 aliphatic rings. The number of nitrogens with zero attached hydrogens (tertiary/aromatic N) is 2. The van der Waals surface area contributed by atoms with Gasteiger partial charge < -0.3 is 14.6 Å². The number of hydrogen-bond acceptors (Lipinski definition) is 3. The Morgan fingerprint density at radius 2 is 2.46 bits per heavy atom. The fraction of sp³-hybridized carbons (Fsp3) is 0.667. The molecule has 74 valence electrons. The summed E-state index contributed by atoms with van der Waals surface area (Å²) in [6.07, 6.45) is 3.77. The molecule has 1 unspecified atom stereocenters. The molecule has 0 fully saturated rings. The first kappa shape index (κ1) is 10.1. The predicted molar refractivity (Wildman–Crippen MR) is 52.8 cm³/mol. The number of aromatic nitrogens is 2. The summed E-state index contributed by atoms with van der Waals surface area (Å²) in [6, 6.07) is 0. The van der Waals surface area contributed by atoms with E-state index < -0.39 is 0 Å². The van der Waals surface area contributed by atoms with Crippen LogP contribution in [0.15, 0.2) is 12.4 Å². The third kappa shape index (κ3) is 2.73. The van der Waals surface area contributed by atoms with Crippen LogP contribution in [0.3, 0.4) is 0 Å². The third-order valence-electron chi connectivity index (χ3n) is 1.90. The van der Waals surface area contributed by atoms with Gasteiger partial charge in [0.2, 0.25) is 5.95 Å². The number of nitrogens with one attached hydrogen (secondary N) is 1. The second kappa shape index (κ2) is 4.87. The average Bonchev–Trinajstić information content (AvgIpc) is 2.52. The first-order valence-corrected chi connectivity index (χ1v) is 4.45. The van der Waals surface area contributed by atoms with E-state index in [-0.39, 0.29) is 0 Å². The van der Waals surface area contributed by atoms with Crippen molar-refractivity contribution < 1.29 is 4.74 Å². The summed E-state index contributed by atoms with van der Waals surface area (Å²) in [5.74, 6) is 1.41. The SMILES string of the molecule is CNc1nccn1CC(C)COC. The third-order valence-corrected chi connectivity index (χ3v) is 1.90. The van der Waals surface area contributed by atoms with E-state index in [1.54, 1.807) is 13.3 Å². The molecule has 1 heterocycles. The topological polar surface area (TPSA) is 39.1 Å². The second-order valence-corrected chi connectivity index (χ2v) is 3.21. The smallest absolute Gasteiger partial charge is 0.202 e. The van der Waals surface area contributed by atoms with Crippen LogP contribution in [0.1, 0.15) is 6.92 Å². The highest BCUT2D eigenvalue weighted by atomic mass is 16.5. The Morgan fingerprint density at radius 1 is 1.69 bits per heavy atom. The van der Waals surface area contributed by atoms with Gasteiger partial charge in [-0.15, -0.1) is 0 Å². The molecule has 1 atom stereocenters. The summed E-state index contributed by atoms with van der Waals surface area (Å²) in [7, 11) is 3.60. The minimum absolute atomic E-state index is 0.506. The van der Waals surface area contributed by atoms with Crippen LogP contribution in [0.5, 0.6) is 0 Å². The summed E-state index contributed by atoms with van der Waals surface area (Å²) in [6.45, 7) is 3.87. The van der Waals surface area contributed by atoms with Crippen LogP contribution in [0, 0.1) is 5.92 Å². The second-order valence-electron chi connectivity index (χ2n) is 3.21. The molecule has 0 amide bonds. The molecular weight excluding hydrogens is 166 g/mol. The Labute approximate surface area is 78.9 Å². The molecule has 0 aromatic carbocycles. The van der Waals surface area contributed by atoms with Gasteiger partial charge in [0.15, 0.2) is 0 Å². The molecule has 0 radical (unpaired) electrons.